The largest absolute Gasteiger partial charge is 0.330 e. The molecule has 1 aromatic carbocycles. The molecule has 1 aliphatic carbocycles. The number of rotatable bonds is 5. The third-order valence-electron chi connectivity index (χ3n) is 3.93. The van der Waals surface area contributed by atoms with Crippen molar-refractivity contribution >= 4 is 27.3 Å². The van der Waals surface area contributed by atoms with Crippen molar-refractivity contribution in [2.24, 2.45) is 11.7 Å². The smallest absolute Gasteiger partial charge is 0.290 e. The Balaban J connectivity index is 2.32. The minimum atomic E-state index is -4.00. The van der Waals surface area contributed by atoms with Gasteiger partial charge in [0.1, 0.15) is 0 Å². The van der Waals surface area contributed by atoms with Gasteiger partial charge in [0.15, 0.2) is 4.90 Å². The van der Waals surface area contributed by atoms with Gasteiger partial charge in [0.05, 0.1) is 4.92 Å². The fourth-order valence-electron chi connectivity index (χ4n) is 2.77. The first-order chi connectivity index (χ1) is 10.3. The van der Waals surface area contributed by atoms with Gasteiger partial charge in [0, 0.05) is 17.1 Å². The first-order valence-corrected chi connectivity index (χ1v) is 8.87. The van der Waals surface area contributed by atoms with E-state index < -0.39 is 20.6 Å². The third-order valence-corrected chi connectivity index (χ3v) is 5.70. The minimum absolute atomic E-state index is 0.0508. The summed E-state index contributed by atoms with van der Waals surface area (Å²) in [6, 6.07) is 3.23. The summed E-state index contributed by atoms with van der Waals surface area (Å²) in [5, 5.41) is 11.2. The van der Waals surface area contributed by atoms with E-state index >= 15 is 0 Å². The lowest BCUT2D eigenvalue weighted by atomic mass is 9.85. The Labute approximate surface area is 134 Å². The summed E-state index contributed by atoms with van der Waals surface area (Å²) in [7, 11) is -4.00. The topological polar surface area (TPSA) is 115 Å². The fourth-order valence-corrected chi connectivity index (χ4v) is 4.43. The lowest BCUT2D eigenvalue weighted by Gasteiger charge is -2.30. The molecular weight excluding hydrogens is 330 g/mol. The molecule has 9 heteroatoms. The van der Waals surface area contributed by atoms with Gasteiger partial charge in [0.2, 0.25) is 10.0 Å². The predicted octanol–water partition coefficient (Wildman–Crippen LogP) is 2.04. The minimum Gasteiger partial charge on any atom is -0.330 e. The molecule has 0 amide bonds. The molecule has 0 heterocycles. The van der Waals surface area contributed by atoms with Gasteiger partial charge < -0.3 is 5.73 Å². The molecule has 0 saturated heterocycles. The van der Waals surface area contributed by atoms with Crippen LogP contribution in [0.2, 0.25) is 5.02 Å². The molecule has 7 nitrogen and oxygen atoms in total. The second-order valence-electron chi connectivity index (χ2n) is 5.38. The van der Waals surface area contributed by atoms with Gasteiger partial charge >= 0.3 is 0 Å². The number of nitrogens with two attached hydrogens (primary N) is 1. The van der Waals surface area contributed by atoms with Crippen molar-refractivity contribution in [1.82, 2.24) is 4.72 Å². The zero-order valence-electron chi connectivity index (χ0n) is 11.9. The Morgan fingerprint density at radius 3 is 2.68 bits per heavy atom. The van der Waals surface area contributed by atoms with Gasteiger partial charge in [0.25, 0.3) is 5.69 Å². The van der Waals surface area contributed by atoms with Crippen LogP contribution in [0.15, 0.2) is 23.1 Å². The highest BCUT2D eigenvalue weighted by molar-refractivity contribution is 7.89. The average molecular weight is 348 g/mol. The Kier molecular flexibility index (Phi) is 5.38. The fraction of sp³-hybridized carbons (Fsp3) is 0.538. The van der Waals surface area contributed by atoms with Crippen molar-refractivity contribution in [2.75, 3.05) is 6.54 Å². The highest BCUT2D eigenvalue weighted by atomic mass is 35.5. The van der Waals surface area contributed by atoms with E-state index in [2.05, 4.69) is 4.72 Å². The van der Waals surface area contributed by atoms with E-state index in [-0.39, 0.29) is 21.9 Å². The molecule has 0 radical (unpaired) electrons. The summed E-state index contributed by atoms with van der Waals surface area (Å²) in [5.74, 6) is 0.0508. The standard InChI is InChI=1S/C13H18ClN3O4S/c14-10-5-6-13(12(7-10)17(18)19)22(20,21)16-11-4-2-1-3-9(11)8-15/h5-7,9,11,16H,1-4,8,15H2. The molecule has 1 aliphatic rings. The van der Waals surface area contributed by atoms with Crippen molar-refractivity contribution in [2.45, 2.75) is 36.6 Å². The number of halogens is 1. The molecule has 1 fully saturated rings. The summed E-state index contributed by atoms with van der Waals surface area (Å²) in [5.41, 5.74) is 5.16. The van der Waals surface area contributed by atoms with Crippen LogP contribution in [0.25, 0.3) is 0 Å². The Hall–Kier alpha value is -1.22. The van der Waals surface area contributed by atoms with Crippen molar-refractivity contribution in [3.05, 3.63) is 33.3 Å². The van der Waals surface area contributed by atoms with Crippen LogP contribution in [0, 0.1) is 16.0 Å². The van der Waals surface area contributed by atoms with Gasteiger partial charge in [-0.25, -0.2) is 13.1 Å². The molecular formula is C13H18ClN3O4S. The Morgan fingerprint density at radius 1 is 1.36 bits per heavy atom. The van der Waals surface area contributed by atoms with Gasteiger partial charge in [-0.3, -0.25) is 10.1 Å². The van der Waals surface area contributed by atoms with Crippen molar-refractivity contribution < 1.29 is 13.3 Å². The van der Waals surface area contributed by atoms with Crippen molar-refractivity contribution in [3.8, 4) is 0 Å². The Morgan fingerprint density at radius 2 is 2.05 bits per heavy atom. The van der Waals surface area contributed by atoms with E-state index in [1.54, 1.807) is 0 Å². The summed E-state index contributed by atoms with van der Waals surface area (Å²) < 4.78 is 27.6. The van der Waals surface area contributed by atoms with Crippen LogP contribution in [-0.4, -0.2) is 25.9 Å². The first kappa shape index (κ1) is 17.1. The molecule has 22 heavy (non-hydrogen) atoms. The second kappa shape index (κ2) is 6.91. The molecule has 0 aromatic heterocycles. The summed E-state index contributed by atoms with van der Waals surface area (Å²) in [6.07, 6.45) is 3.46. The lowest BCUT2D eigenvalue weighted by molar-refractivity contribution is -0.387. The number of hydrogen-bond acceptors (Lipinski definition) is 5. The van der Waals surface area contributed by atoms with Crippen molar-refractivity contribution in [1.29, 1.82) is 0 Å². The van der Waals surface area contributed by atoms with Gasteiger partial charge in [-0.2, -0.15) is 0 Å². The van der Waals surface area contributed by atoms with Gasteiger partial charge in [-0.1, -0.05) is 24.4 Å². The maximum atomic E-state index is 12.5. The highest BCUT2D eigenvalue weighted by Crippen LogP contribution is 2.29. The van der Waals surface area contributed by atoms with E-state index in [9.17, 15) is 18.5 Å². The molecule has 2 atom stereocenters. The number of nitrogens with zero attached hydrogens (tertiary/aromatic N) is 1. The van der Waals surface area contributed by atoms with E-state index in [1.807, 2.05) is 0 Å². The number of nitro benzene ring substituents is 1. The molecule has 0 spiro atoms. The SMILES string of the molecule is NCC1CCCCC1NS(=O)(=O)c1ccc(Cl)cc1[N+](=O)[O-]. The number of hydrogen-bond donors (Lipinski definition) is 2. The summed E-state index contributed by atoms with van der Waals surface area (Å²) in [6.45, 7) is 0.385. The average Bonchev–Trinajstić information content (AvgIpc) is 2.47. The maximum Gasteiger partial charge on any atom is 0.290 e. The zero-order valence-corrected chi connectivity index (χ0v) is 13.4. The van der Waals surface area contributed by atoms with Crippen LogP contribution in [0.1, 0.15) is 25.7 Å². The van der Waals surface area contributed by atoms with Gasteiger partial charge in [-0.05, 0) is 37.4 Å². The third kappa shape index (κ3) is 3.75. The first-order valence-electron chi connectivity index (χ1n) is 7.01. The van der Waals surface area contributed by atoms with E-state index in [0.717, 1.165) is 31.4 Å². The molecule has 122 valence electrons. The summed E-state index contributed by atoms with van der Waals surface area (Å²) in [4.78, 5) is 9.95. The lowest BCUT2D eigenvalue weighted by Crippen LogP contribution is -2.44. The Bertz CT molecular complexity index is 665. The van der Waals surface area contributed by atoms with E-state index in [0.29, 0.717) is 13.0 Å². The molecule has 0 bridgehead atoms. The number of nitrogens with one attached hydrogen (secondary N) is 1. The van der Waals surface area contributed by atoms with E-state index in [4.69, 9.17) is 17.3 Å². The molecule has 1 aromatic rings. The van der Waals surface area contributed by atoms with Crippen molar-refractivity contribution in [3.63, 3.8) is 0 Å². The normalized spacial score (nSPS) is 22.5. The highest BCUT2D eigenvalue weighted by Gasteiger charge is 2.32. The molecule has 1 saturated carbocycles. The van der Waals surface area contributed by atoms with Crippen LogP contribution in [0.5, 0.6) is 0 Å². The number of nitro groups is 1. The molecule has 0 aliphatic heterocycles. The zero-order chi connectivity index (χ0) is 16.3. The van der Waals surface area contributed by atoms with E-state index in [1.165, 1.54) is 6.07 Å². The van der Waals surface area contributed by atoms with Crippen LogP contribution >= 0.6 is 11.6 Å². The molecule has 3 N–H and O–H groups in total. The van der Waals surface area contributed by atoms with Crippen LogP contribution < -0.4 is 10.5 Å². The number of sulfonamides is 1. The van der Waals surface area contributed by atoms with Crippen LogP contribution in [0.4, 0.5) is 5.69 Å². The predicted molar refractivity (Wildman–Crippen MR) is 83.2 cm³/mol. The molecule has 2 unspecified atom stereocenters. The molecule has 2 rings (SSSR count). The van der Waals surface area contributed by atoms with Gasteiger partial charge in [-0.15, -0.1) is 0 Å². The maximum absolute atomic E-state index is 12.5. The van der Waals surface area contributed by atoms with Crippen LogP contribution in [0.3, 0.4) is 0 Å². The van der Waals surface area contributed by atoms with Crippen LogP contribution in [-0.2, 0) is 10.0 Å². The second-order valence-corrected chi connectivity index (χ2v) is 7.50. The quantitative estimate of drug-likeness (QED) is 0.624. The summed E-state index contributed by atoms with van der Waals surface area (Å²) >= 11 is 5.71. The monoisotopic (exact) mass is 347 g/mol. The number of benzene rings is 1.